The summed E-state index contributed by atoms with van der Waals surface area (Å²) in [6, 6.07) is 15.5. The van der Waals surface area contributed by atoms with Gasteiger partial charge in [-0.1, -0.05) is 47.6 Å². The summed E-state index contributed by atoms with van der Waals surface area (Å²) in [5.41, 5.74) is 3.64. The summed E-state index contributed by atoms with van der Waals surface area (Å²) < 4.78 is 5.55. The lowest BCUT2D eigenvalue weighted by Gasteiger charge is -2.12. The zero-order valence-electron chi connectivity index (χ0n) is 15.9. The first-order valence-electron chi connectivity index (χ1n) is 9.68. The topological polar surface area (TPSA) is 64.1 Å². The molecule has 2 heterocycles. The van der Waals surface area contributed by atoms with Gasteiger partial charge in [0.25, 0.3) is 0 Å². The van der Waals surface area contributed by atoms with Crippen LogP contribution < -0.4 is 5.32 Å². The van der Waals surface area contributed by atoms with Crippen LogP contribution in [0.5, 0.6) is 0 Å². The molecule has 0 radical (unpaired) electrons. The molecule has 7 heteroatoms. The highest BCUT2D eigenvalue weighted by Crippen LogP contribution is 2.25. The predicted octanol–water partition coefficient (Wildman–Crippen LogP) is 4.26. The van der Waals surface area contributed by atoms with Gasteiger partial charge in [0.05, 0.1) is 28.6 Å². The van der Waals surface area contributed by atoms with Gasteiger partial charge in [-0.2, -0.15) is 0 Å². The van der Waals surface area contributed by atoms with E-state index in [1.165, 1.54) is 11.8 Å². The summed E-state index contributed by atoms with van der Waals surface area (Å²) in [7, 11) is 0. The maximum atomic E-state index is 12.3. The van der Waals surface area contributed by atoms with Crippen LogP contribution in [0.15, 0.2) is 53.6 Å². The van der Waals surface area contributed by atoms with Crippen LogP contribution in [0, 0.1) is 0 Å². The number of nitrogens with zero attached hydrogens (tertiary/aromatic N) is 2. The number of carbonyl (C=O) groups is 1. The number of hydrogen-bond acceptors (Lipinski definition) is 5. The van der Waals surface area contributed by atoms with Crippen molar-refractivity contribution in [1.29, 1.82) is 0 Å². The van der Waals surface area contributed by atoms with Gasteiger partial charge in [-0.25, -0.2) is 9.97 Å². The molecule has 3 aromatic rings. The molecule has 150 valence electrons. The molecule has 5 nitrogen and oxygen atoms in total. The number of hydrogen-bond donors (Lipinski definition) is 1. The highest BCUT2D eigenvalue weighted by Gasteiger charge is 2.17. The van der Waals surface area contributed by atoms with Crippen LogP contribution in [0.1, 0.15) is 24.1 Å². The molecule has 1 aliphatic rings. The van der Waals surface area contributed by atoms with E-state index in [9.17, 15) is 4.79 Å². The van der Waals surface area contributed by atoms with E-state index in [-0.39, 0.29) is 12.0 Å². The first-order chi connectivity index (χ1) is 14.2. The maximum absolute atomic E-state index is 12.3. The Morgan fingerprint density at radius 1 is 1.14 bits per heavy atom. The number of halogens is 1. The number of benzene rings is 2. The highest BCUT2D eigenvalue weighted by molar-refractivity contribution is 7.99. The second-order valence-corrected chi connectivity index (χ2v) is 8.40. The predicted molar refractivity (Wildman–Crippen MR) is 117 cm³/mol. The molecule has 1 aliphatic heterocycles. The number of fused-ring (bicyclic) bond motifs is 1. The number of rotatable bonds is 7. The molecule has 29 heavy (non-hydrogen) atoms. The third-order valence-electron chi connectivity index (χ3n) is 4.78. The lowest BCUT2D eigenvalue weighted by Crippen LogP contribution is -2.32. The van der Waals surface area contributed by atoms with Crippen LogP contribution in [0.4, 0.5) is 0 Å². The van der Waals surface area contributed by atoms with Crippen molar-refractivity contribution in [1.82, 2.24) is 15.3 Å². The molecule has 1 atom stereocenters. The molecule has 0 spiro atoms. The smallest absolute Gasteiger partial charge is 0.230 e. The van der Waals surface area contributed by atoms with Gasteiger partial charge in [0, 0.05) is 24.6 Å². The van der Waals surface area contributed by atoms with Crippen LogP contribution in [-0.2, 0) is 16.0 Å². The molecule has 1 saturated heterocycles. The van der Waals surface area contributed by atoms with Crippen LogP contribution in [0.2, 0.25) is 5.02 Å². The van der Waals surface area contributed by atoms with Crippen LogP contribution in [0.3, 0.4) is 0 Å². The van der Waals surface area contributed by atoms with E-state index < -0.39 is 0 Å². The van der Waals surface area contributed by atoms with E-state index >= 15 is 0 Å². The van der Waals surface area contributed by atoms with Crippen LogP contribution >= 0.6 is 23.4 Å². The Bertz CT molecular complexity index is 991. The van der Waals surface area contributed by atoms with Gasteiger partial charge < -0.3 is 10.1 Å². The summed E-state index contributed by atoms with van der Waals surface area (Å²) in [5.74, 6) is 0.283. The molecular formula is C22H22ClN3O2S. The average Bonchev–Trinajstić information content (AvgIpc) is 3.26. The van der Waals surface area contributed by atoms with Crippen molar-refractivity contribution in [3.05, 3.63) is 64.8 Å². The fourth-order valence-electron chi connectivity index (χ4n) is 3.26. The zero-order chi connectivity index (χ0) is 20.1. The van der Waals surface area contributed by atoms with Gasteiger partial charge in [-0.3, -0.25) is 4.79 Å². The lowest BCUT2D eigenvalue weighted by atomic mass is 10.1. The SMILES string of the molecule is O=C(CSc1nc2ccccc2nc1Cc1ccc(Cl)cc1)NC[C@H]1CCCO1. The molecule has 1 aromatic heterocycles. The molecule has 4 rings (SSSR count). The number of ether oxygens (including phenoxy) is 1. The number of aromatic nitrogens is 2. The summed E-state index contributed by atoms with van der Waals surface area (Å²) in [6.45, 7) is 1.36. The Morgan fingerprint density at radius 2 is 1.90 bits per heavy atom. The van der Waals surface area contributed by atoms with E-state index in [0.29, 0.717) is 23.7 Å². The van der Waals surface area contributed by atoms with Gasteiger partial charge in [0.15, 0.2) is 0 Å². The number of amides is 1. The Hall–Kier alpha value is -2.15. The van der Waals surface area contributed by atoms with Crippen molar-refractivity contribution in [3.8, 4) is 0 Å². The van der Waals surface area contributed by atoms with Gasteiger partial charge >= 0.3 is 0 Å². The number of thioether (sulfide) groups is 1. The standard InChI is InChI=1S/C22H22ClN3O2S/c23-16-9-7-15(8-10-16)12-20-22(26-19-6-2-1-5-18(19)25-20)29-14-21(27)24-13-17-4-3-11-28-17/h1-2,5-10,17H,3-4,11-14H2,(H,24,27)/t17-/m1/s1. The third kappa shape index (κ3) is 5.47. The third-order valence-corrected chi connectivity index (χ3v) is 6.04. The highest BCUT2D eigenvalue weighted by atomic mass is 35.5. The Labute approximate surface area is 179 Å². The Morgan fingerprint density at radius 3 is 2.62 bits per heavy atom. The fraction of sp³-hybridized carbons (Fsp3) is 0.318. The fourth-order valence-corrected chi connectivity index (χ4v) is 4.21. The van der Waals surface area contributed by atoms with Crippen molar-refractivity contribution in [3.63, 3.8) is 0 Å². The molecular weight excluding hydrogens is 406 g/mol. The van der Waals surface area contributed by atoms with E-state index in [4.69, 9.17) is 26.3 Å². The molecule has 1 N–H and O–H groups in total. The van der Waals surface area contributed by atoms with E-state index in [1.54, 1.807) is 0 Å². The largest absolute Gasteiger partial charge is 0.376 e. The van der Waals surface area contributed by atoms with Crippen molar-refractivity contribution in [2.45, 2.75) is 30.4 Å². The van der Waals surface area contributed by atoms with E-state index in [2.05, 4.69) is 5.32 Å². The molecule has 2 aromatic carbocycles. The number of para-hydroxylation sites is 2. The summed E-state index contributed by atoms with van der Waals surface area (Å²) in [5, 5.41) is 4.45. The second kappa shape index (κ2) is 9.57. The van der Waals surface area contributed by atoms with Crippen molar-refractivity contribution in [2.75, 3.05) is 18.9 Å². The summed E-state index contributed by atoms with van der Waals surface area (Å²) >= 11 is 7.42. The Kier molecular flexibility index (Phi) is 6.64. The van der Waals surface area contributed by atoms with E-state index in [1.807, 2.05) is 48.5 Å². The molecule has 0 unspecified atom stereocenters. The van der Waals surface area contributed by atoms with Crippen LogP contribution in [-0.4, -0.2) is 40.9 Å². The normalized spacial score (nSPS) is 16.2. The first kappa shape index (κ1) is 20.1. The lowest BCUT2D eigenvalue weighted by molar-refractivity contribution is -0.119. The minimum atomic E-state index is -0.0158. The zero-order valence-corrected chi connectivity index (χ0v) is 17.5. The number of carbonyl (C=O) groups excluding carboxylic acids is 1. The molecule has 1 fully saturated rings. The number of nitrogens with one attached hydrogen (secondary N) is 1. The maximum Gasteiger partial charge on any atom is 0.230 e. The summed E-state index contributed by atoms with van der Waals surface area (Å²) in [4.78, 5) is 21.9. The second-order valence-electron chi connectivity index (χ2n) is 7.00. The van der Waals surface area contributed by atoms with Gasteiger partial charge in [0.2, 0.25) is 5.91 Å². The molecule has 0 saturated carbocycles. The minimum Gasteiger partial charge on any atom is -0.376 e. The monoisotopic (exact) mass is 427 g/mol. The summed E-state index contributed by atoms with van der Waals surface area (Å²) in [6.07, 6.45) is 2.85. The van der Waals surface area contributed by atoms with Crippen molar-refractivity contribution < 1.29 is 9.53 Å². The van der Waals surface area contributed by atoms with Crippen molar-refractivity contribution >= 4 is 40.3 Å². The van der Waals surface area contributed by atoms with E-state index in [0.717, 1.165) is 46.8 Å². The van der Waals surface area contributed by atoms with Gasteiger partial charge in [0.1, 0.15) is 5.03 Å². The molecule has 0 bridgehead atoms. The molecule has 0 aliphatic carbocycles. The quantitative estimate of drug-likeness (QED) is 0.571. The van der Waals surface area contributed by atoms with Crippen molar-refractivity contribution in [2.24, 2.45) is 0 Å². The Balaban J connectivity index is 1.48. The first-order valence-corrected chi connectivity index (χ1v) is 11.0. The van der Waals surface area contributed by atoms with Gasteiger partial charge in [-0.05, 0) is 42.7 Å². The molecule has 1 amide bonds. The van der Waals surface area contributed by atoms with Gasteiger partial charge in [-0.15, -0.1) is 0 Å². The average molecular weight is 428 g/mol. The van der Waals surface area contributed by atoms with Crippen LogP contribution in [0.25, 0.3) is 11.0 Å². The minimum absolute atomic E-state index is 0.0158.